The van der Waals surface area contributed by atoms with E-state index < -0.39 is 31.5 Å². The fourth-order valence-corrected chi connectivity index (χ4v) is 6.52. The monoisotopic (exact) mass is 703 g/mol. The summed E-state index contributed by atoms with van der Waals surface area (Å²) in [5.41, 5.74) is 2.02. The number of pyridine rings is 1. The summed E-state index contributed by atoms with van der Waals surface area (Å²) >= 11 is 3.47. The Morgan fingerprint density at radius 3 is 2.41 bits per heavy atom. The van der Waals surface area contributed by atoms with E-state index in [1.54, 1.807) is 18.3 Å². The molecular formula is C34H35BrFN5O4Si. The van der Waals surface area contributed by atoms with Crippen LogP contribution in [0.15, 0.2) is 59.2 Å². The van der Waals surface area contributed by atoms with Gasteiger partial charge in [0.15, 0.2) is 0 Å². The summed E-state index contributed by atoms with van der Waals surface area (Å²) < 4.78 is 25.4. The van der Waals surface area contributed by atoms with Crippen LogP contribution in [0.3, 0.4) is 0 Å². The van der Waals surface area contributed by atoms with Gasteiger partial charge in [-0.25, -0.2) is 19.0 Å². The first-order valence-corrected chi connectivity index (χ1v) is 19.2. The second kappa shape index (κ2) is 14.7. The molecule has 3 aromatic rings. The van der Waals surface area contributed by atoms with E-state index in [-0.39, 0.29) is 11.1 Å². The van der Waals surface area contributed by atoms with Crippen LogP contribution in [0.4, 0.5) is 15.0 Å². The van der Waals surface area contributed by atoms with Gasteiger partial charge in [-0.05, 0) is 69.7 Å². The lowest BCUT2D eigenvalue weighted by Gasteiger charge is -2.43. The molecule has 1 N–H and O–H groups in total. The van der Waals surface area contributed by atoms with Crippen molar-refractivity contribution in [2.24, 2.45) is 0 Å². The largest absolute Gasteiger partial charge is 0.466 e. The van der Waals surface area contributed by atoms with E-state index in [1.165, 1.54) is 25.3 Å². The van der Waals surface area contributed by atoms with E-state index in [9.17, 15) is 19.2 Å². The lowest BCUT2D eigenvalue weighted by atomic mass is 9.80. The standard InChI is InChI=1S/C34H35BrFN5O4Si/c1-44-30(42)12-7-23-5-10-26(11-6-23)34(40-33(43)45-17-18-46(2,3)4)13-15-41(16-14-34)32-27(21-38)31(28(35)22-39-32)24-8-9-25(20-37)29(36)19-24/h5-12,19,22H,13-18H2,1-4H3,(H,40,43)/b12-7+. The number of amides is 1. The number of ether oxygens (including phenoxy) is 2. The quantitative estimate of drug-likeness (QED) is 0.142. The Balaban J connectivity index is 1.63. The topological polar surface area (TPSA) is 128 Å². The van der Waals surface area contributed by atoms with Crippen LogP contribution in [-0.4, -0.2) is 51.9 Å². The Kier molecular flexibility index (Phi) is 11.0. The zero-order valence-electron chi connectivity index (χ0n) is 26.2. The fourth-order valence-electron chi connectivity index (χ4n) is 5.28. The van der Waals surface area contributed by atoms with Gasteiger partial charge in [0, 0.05) is 43.5 Å². The van der Waals surface area contributed by atoms with Crippen LogP contribution in [-0.2, 0) is 19.8 Å². The van der Waals surface area contributed by atoms with E-state index in [4.69, 9.17) is 10.00 Å². The number of alkyl carbamates (subject to hydrolysis) is 1. The predicted octanol–water partition coefficient (Wildman–Crippen LogP) is 7.14. The number of benzene rings is 2. The second-order valence-corrected chi connectivity index (χ2v) is 18.7. The van der Waals surface area contributed by atoms with Gasteiger partial charge in [0.05, 0.1) is 24.8 Å². The predicted molar refractivity (Wildman–Crippen MR) is 180 cm³/mol. The third-order valence-electron chi connectivity index (χ3n) is 7.92. The van der Waals surface area contributed by atoms with Crippen molar-refractivity contribution in [3.05, 3.63) is 87.3 Å². The molecule has 46 heavy (non-hydrogen) atoms. The van der Waals surface area contributed by atoms with Gasteiger partial charge in [-0.2, -0.15) is 10.5 Å². The molecule has 9 nitrogen and oxygen atoms in total. The highest BCUT2D eigenvalue weighted by Gasteiger charge is 2.39. The molecule has 0 saturated carbocycles. The molecule has 12 heteroatoms. The minimum atomic E-state index is -1.40. The third-order valence-corrected chi connectivity index (χ3v) is 10.2. The Morgan fingerprint density at radius 2 is 1.83 bits per heavy atom. The van der Waals surface area contributed by atoms with Gasteiger partial charge in [-0.1, -0.05) is 50.0 Å². The lowest BCUT2D eigenvalue weighted by molar-refractivity contribution is -0.134. The number of hydrogen-bond donors (Lipinski definition) is 1. The van der Waals surface area contributed by atoms with Gasteiger partial charge in [-0.15, -0.1) is 0 Å². The van der Waals surface area contributed by atoms with Crippen molar-refractivity contribution in [2.75, 3.05) is 31.7 Å². The number of rotatable bonds is 9. The highest BCUT2D eigenvalue weighted by molar-refractivity contribution is 9.10. The van der Waals surface area contributed by atoms with Crippen LogP contribution in [0.5, 0.6) is 0 Å². The SMILES string of the molecule is COC(=O)/C=C/c1ccc(C2(NC(=O)OCC[Si](C)(C)C)CCN(c3ncc(Br)c(-c4ccc(C#N)c(F)c4)c3C#N)CC2)cc1. The van der Waals surface area contributed by atoms with E-state index in [1.807, 2.05) is 35.2 Å². The van der Waals surface area contributed by atoms with Crippen molar-refractivity contribution in [2.45, 2.75) is 44.1 Å². The number of hydrogen-bond acceptors (Lipinski definition) is 8. The average Bonchev–Trinajstić information content (AvgIpc) is 3.03. The summed E-state index contributed by atoms with van der Waals surface area (Å²) in [4.78, 5) is 31.2. The highest BCUT2D eigenvalue weighted by Crippen LogP contribution is 2.40. The van der Waals surface area contributed by atoms with Crippen molar-refractivity contribution < 1.29 is 23.5 Å². The smallest absolute Gasteiger partial charge is 0.407 e. The summed E-state index contributed by atoms with van der Waals surface area (Å²) in [7, 11) is -0.0872. The number of carbonyl (C=O) groups is 2. The number of methoxy groups -OCH3 is 1. The summed E-state index contributed by atoms with van der Waals surface area (Å²) in [6.07, 6.45) is 5.05. The van der Waals surface area contributed by atoms with Gasteiger partial charge in [0.25, 0.3) is 0 Å². The molecule has 1 saturated heterocycles. The van der Waals surface area contributed by atoms with Crippen molar-refractivity contribution in [3.8, 4) is 23.3 Å². The molecule has 4 rings (SSSR count). The van der Waals surface area contributed by atoms with E-state index in [0.29, 0.717) is 54.0 Å². The molecule has 2 heterocycles. The Hall–Kier alpha value is -4.52. The van der Waals surface area contributed by atoms with E-state index in [0.717, 1.165) is 17.2 Å². The first-order valence-electron chi connectivity index (χ1n) is 14.7. The van der Waals surface area contributed by atoms with E-state index in [2.05, 4.69) is 56.7 Å². The maximum Gasteiger partial charge on any atom is 0.407 e. The van der Waals surface area contributed by atoms with Crippen molar-refractivity contribution in [3.63, 3.8) is 0 Å². The fraction of sp³-hybridized carbons (Fsp3) is 0.324. The summed E-state index contributed by atoms with van der Waals surface area (Å²) in [5, 5.41) is 22.6. The molecule has 0 spiro atoms. The number of carbonyl (C=O) groups excluding carboxylic acids is 2. The Labute approximate surface area is 277 Å². The van der Waals surface area contributed by atoms with Gasteiger partial charge in [0.2, 0.25) is 0 Å². The molecule has 0 radical (unpaired) electrons. The number of aromatic nitrogens is 1. The Bertz CT molecular complexity index is 1720. The molecule has 0 atom stereocenters. The molecule has 0 bridgehead atoms. The van der Waals surface area contributed by atoms with Gasteiger partial charge >= 0.3 is 12.1 Å². The minimum absolute atomic E-state index is 0.0842. The number of esters is 1. The molecule has 238 valence electrons. The molecular weight excluding hydrogens is 669 g/mol. The zero-order valence-corrected chi connectivity index (χ0v) is 28.8. The van der Waals surface area contributed by atoms with Crippen LogP contribution >= 0.6 is 15.9 Å². The molecule has 2 aromatic carbocycles. The summed E-state index contributed by atoms with van der Waals surface area (Å²) in [6.45, 7) is 7.89. The number of anilines is 1. The maximum atomic E-state index is 14.6. The molecule has 1 aliphatic rings. The molecule has 1 fully saturated rings. The number of nitrogens with one attached hydrogen (secondary N) is 1. The van der Waals surface area contributed by atoms with Crippen LogP contribution in [0, 0.1) is 28.5 Å². The maximum absolute atomic E-state index is 14.6. The first-order chi connectivity index (χ1) is 21.9. The number of halogens is 2. The van der Waals surface area contributed by atoms with Crippen LogP contribution < -0.4 is 10.2 Å². The Morgan fingerprint density at radius 1 is 1.13 bits per heavy atom. The summed E-state index contributed by atoms with van der Waals surface area (Å²) in [6, 6.07) is 16.7. The zero-order chi connectivity index (χ0) is 33.5. The second-order valence-electron chi connectivity index (χ2n) is 12.2. The molecule has 1 aromatic heterocycles. The van der Waals surface area contributed by atoms with Crippen molar-refractivity contribution >= 4 is 48.0 Å². The third kappa shape index (κ3) is 8.19. The molecule has 0 aliphatic carbocycles. The van der Waals surface area contributed by atoms with Gasteiger partial charge in [-0.3, -0.25) is 0 Å². The van der Waals surface area contributed by atoms with Crippen molar-refractivity contribution in [1.29, 1.82) is 10.5 Å². The highest BCUT2D eigenvalue weighted by atomic mass is 79.9. The van der Waals surface area contributed by atoms with Gasteiger partial charge in [0.1, 0.15) is 29.3 Å². The minimum Gasteiger partial charge on any atom is -0.466 e. The van der Waals surface area contributed by atoms with Crippen molar-refractivity contribution in [1.82, 2.24) is 10.3 Å². The number of nitrogens with zero attached hydrogens (tertiary/aromatic N) is 4. The number of nitriles is 2. The number of piperidine rings is 1. The normalized spacial score (nSPS) is 14.3. The first kappa shape index (κ1) is 34.4. The van der Waals surface area contributed by atoms with Crippen LogP contribution in [0.2, 0.25) is 25.7 Å². The van der Waals surface area contributed by atoms with Crippen LogP contribution in [0.25, 0.3) is 17.2 Å². The average molecular weight is 705 g/mol. The molecule has 1 aliphatic heterocycles. The molecule has 0 unspecified atom stereocenters. The van der Waals surface area contributed by atoms with Crippen LogP contribution in [0.1, 0.15) is 35.1 Å². The van der Waals surface area contributed by atoms with Gasteiger partial charge < -0.3 is 19.7 Å². The lowest BCUT2D eigenvalue weighted by Crippen LogP contribution is -2.53. The molecule has 1 amide bonds. The van der Waals surface area contributed by atoms with E-state index >= 15 is 0 Å². The summed E-state index contributed by atoms with van der Waals surface area (Å²) in [5.74, 6) is -0.687.